The first kappa shape index (κ1) is 17.6. The van der Waals surface area contributed by atoms with Crippen LogP contribution in [-0.2, 0) is 4.79 Å². The van der Waals surface area contributed by atoms with Crippen LogP contribution in [0.5, 0.6) is 0 Å². The molecule has 3 atom stereocenters. The summed E-state index contributed by atoms with van der Waals surface area (Å²) in [6.45, 7) is 1.88. The van der Waals surface area contributed by atoms with E-state index in [1.807, 2.05) is 25.1 Å². The van der Waals surface area contributed by atoms with E-state index in [4.69, 9.17) is 4.42 Å². The van der Waals surface area contributed by atoms with Gasteiger partial charge in [0.15, 0.2) is 0 Å². The molecule has 2 bridgehead atoms. The summed E-state index contributed by atoms with van der Waals surface area (Å²) < 4.78 is 5.34. The molecule has 2 amide bonds. The number of rotatable bonds is 5. The average molecular weight is 364 g/mol. The van der Waals surface area contributed by atoms with Crippen molar-refractivity contribution in [3.63, 3.8) is 0 Å². The molecular formula is C22H24N2O3. The molecule has 5 heteroatoms. The van der Waals surface area contributed by atoms with Crippen LogP contribution in [0.25, 0.3) is 6.08 Å². The second kappa shape index (κ2) is 7.43. The highest BCUT2D eigenvalue weighted by molar-refractivity contribution is 6.05. The number of benzene rings is 1. The van der Waals surface area contributed by atoms with Crippen LogP contribution >= 0.6 is 0 Å². The van der Waals surface area contributed by atoms with E-state index in [2.05, 4.69) is 10.6 Å². The van der Waals surface area contributed by atoms with Crippen LogP contribution in [0.2, 0.25) is 0 Å². The quantitative estimate of drug-likeness (QED) is 0.796. The maximum atomic E-state index is 12.9. The number of hydrogen-bond donors (Lipinski definition) is 2. The second-order valence-corrected chi connectivity index (χ2v) is 7.60. The van der Waals surface area contributed by atoms with Gasteiger partial charge in [0.05, 0.1) is 6.26 Å². The molecule has 1 heterocycles. The zero-order chi connectivity index (χ0) is 18.8. The van der Waals surface area contributed by atoms with Gasteiger partial charge in [-0.05, 0) is 61.8 Å². The Kier molecular flexibility index (Phi) is 4.84. The number of nitrogens with one attached hydrogen (secondary N) is 2. The van der Waals surface area contributed by atoms with Crippen LogP contribution in [0.4, 0.5) is 0 Å². The van der Waals surface area contributed by atoms with Gasteiger partial charge in [-0.1, -0.05) is 24.6 Å². The molecule has 0 aliphatic heterocycles. The highest BCUT2D eigenvalue weighted by Gasteiger charge is 2.40. The molecule has 2 aliphatic rings. The Hall–Kier alpha value is -2.82. The van der Waals surface area contributed by atoms with E-state index in [-0.39, 0.29) is 23.6 Å². The monoisotopic (exact) mass is 364 g/mol. The molecule has 0 unspecified atom stereocenters. The van der Waals surface area contributed by atoms with E-state index in [9.17, 15) is 9.59 Å². The summed E-state index contributed by atoms with van der Waals surface area (Å²) in [6, 6.07) is 11.0. The lowest BCUT2D eigenvalue weighted by molar-refractivity contribution is -0.118. The van der Waals surface area contributed by atoms with Crippen LogP contribution in [0.1, 0.15) is 47.4 Å². The summed E-state index contributed by atoms with van der Waals surface area (Å²) in [5, 5.41) is 5.91. The average Bonchev–Trinajstić information content (AvgIpc) is 3.39. The molecule has 1 aromatic heterocycles. The normalized spacial score (nSPS) is 24.0. The molecule has 2 aromatic rings. The third-order valence-electron chi connectivity index (χ3n) is 5.77. The van der Waals surface area contributed by atoms with Gasteiger partial charge >= 0.3 is 0 Å². The van der Waals surface area contributed by atoms with Gasteiger partial charge in [-0.15, -0.1) is 0 Å². The number of fused-ring (bicyclic) bond motifs is 2. The third kappa shape index (κ3) is 3.82. The lowest BCUT2D eigenvalue weighted by Gasteiger charge is -2.23. The molecule has 2 fully saturated rings. The first-order chi connectivity index (χ1) is 13.1. The molecular weight excluding hydrogens is 340 g/mol. The van der Waals surface area contributed by atoms with Crippen molar-refractivity contribution >= 4 is 17.9 Å². The van der Waals surface area contributed by atoms with Crippen LogP contribution in [-0.4, -0.2) is 17.9 Å². The standard InChI is InChI=1S/C22H24N2O3/c1-14-5-2-3-7-18(14)21(25)24-20(13-17-6-4-10-27-17)22(26)23-19-12-15-8-9-16(19)11-15/h2-7,10,13,15-16,19H,8-9,11-12H2,1H3,(H,23,26)(H,24,25)/b20-13-/t15-,16+,19+/m0/s1. The van der Waals surface area contributed by atoms with Crippen molar-refractivity contribution in [2.24, 2.45) is 11.8 Å². The van der Waals surface area contributed by atoms with Gasteiger partial charge < -0.3 is 15.1 Å². The summed E-state index contributed by atoms with van der Waals surface area (Å²) in [7, 11) is 0. The van der Waals surface area contributed by atoms with Crippen molar-refractivity contribution in [2.45, 2.75) is 38.6 Å². The van der Waals surface area contributed by atoms with Gasteiger partial charge in [0.25, 0.3) is 11.8 Å². The topological polar surface area (TPSA) is 71.3 Å². The van der Waals surface area contributed by atoms with E-state index in [0.29, 0.717) is 17.2 Å². The summed E-state index contributed by atoms with van der Waals surface area (Å²) >= 11 is 0. The fourth-order valence-corrected chi connectivity index (χ4v) is 4.36. The van der Waals surface area contributed by atoms with E-state index in [0.717, 1.165) is 17.9 Å². The first-order valence-electron chi connectivity index (χ1n) is 9.53. The summed E-state index contributed by atoms with van der Waals surface area (Å²) in [4.78, 5) is 25.6. The van der Waals surface area contributed by atoms with E-state index in [1.54, 1.807) is 30.5 Å². The SMILES string of the molecule is Cc1ccccc1C(=O)N/C(=C\c1ccco1)C(=O)N[C@@H]1C[C@H]2CC[C@@H]1C2. The maximum Gasteiger partial charge on any atom is 0.268 e. The lowest BCUT2D eigenvalue weighted by Crippen LogP contribution is -2.42. The van der Waals surface area contributed by atoms with Crippen LogP contribution < -0.4 is 10.6 Å². The zero-order valence-corrected chi connectivity index (χ0v) is 15.4. The summed E-state index contributed by atoms with van der Waals surface area (Å²) in [5.74, 6) is 1.27. The van der Waals surface area contributed by atoms with E-state index >= 15 is 0 Å². The Morgan fingerprint density at radius 2 is 1.96 bits per heavy atom. The highest BCUT2D eigenvalue weighted by Crippen LogP contribution is 2.44. The van der Waals surface area contributed by atoms with Gasteiger partial charge in [0, 0.05) is 17.7 Å². The first-order valence-corrected chi connectivity index (χ1v) is 9.53. The Balaban J connectivity index is 1.53. The van der Waals surface area contributed by atoms with Gasteiger partial charge in [-0.2, -0.15) is 0 Å². The van der Waals surface area contributed by atoms with Gasteiger partial charge in [0.1, 0.15) is 11.5 Å². The largest absolute Gasteiger partial charge is 0.465 e. The van der Waals surface area contributed by atoms with E-state index < -0.39 is 0 Å². The van der Waals surface area contributed by atoms with Crippen molar-refractivity contribution in [1.29, 1.82) is 0 Å². The Bertz CT molecular complexity index is 869. The molecule has 27 heavy (non-hydrogen) atoms. The van der Waals surface area contributed by atoms with Crippen LogP contribution in [0.3, 0.4) is 0 Å². The number of carbonyl (C=O) groups is 2. The lowest BCUT2D eigenvalue weighted by atomic mass is 9.95. The molecule has 0 saturated heterocycles. The number of amides is 2. The fourth-order valence-electron chi connectivity index (χ4n) is 4.36. The van der Waals surface area contributed by atoms with Crippen molar-refractivity contribution in [3.05, 3.63) is 65.2 Å². The highest BCUT2D eigenvalue weighted by atomic mass is 16.3. The van der Waals surface area contributed by atoms with Crippen molar-refractivity contribution in [2.75, 3.05) is 0 Å². The molecule has 1 aromatic carbocycles. The molecule has 2 saturated carbocycles. The van der Waals surface area contributed by atoms with Gasteiger partial charge in [-0.25, -0.2) is 0 Å². The second-order valence-electron chi connectivity index (χ2n) is 7.60. The smallest absolute Gasteiger partial charge is 0.268 e. The fraction of sp³-hybridized carbons (Fsp3) is 0.364. The third-order valence-corrected chi connectivity index (χ3v) is 5.77. The van der Waals surface area contributed by atoms with Gasteiger partial charge in [0.2, 0.25) is 0 Å². The zero-order valence-electron chi connectivity index (χ0n) is 15.4. The Morgan fingerprint density at radius 3 is 2.63 bits per heavy atom. The molecule has 5 nitrogen and oxygen atoms in total. The number of furan rings is 1. The van der Waals surface area contributed by atoms with Crippen molar-refractivity contribution in [1.82, 2.24) is 10.6 Å². The maximum absolute atomic E-state index is 12.9. The van der Waals surface area contributed by atoms with Crippen molar-refractivity contribution in [3.8, 4) is 0 Å². The minimum atomic E-state index is -0.297. The molecule has 140 valence electrons. The molecule has 2 N–H and O–H groups in total. The predicted octanol–water partition coefficient (Wildman–Crippen LogP) is 3.66. The number of aryl methyl sites for hydroxylation is 1. The minimum Gasteiger partial charge on any atom is -0.465 e. The Labute approximate surface area is 158 Å². The van der Waals surface area contributed by atoms with Crippen LogP contribution in [0, 0.1) is 18.8 Å². The van der Waals surface area contributed by atoms with Gasteiger partial charge in [-0.3, -0.25) is 9.59 Å². The minimum absolute atomic E-state index is 0.201. The van der Waals surface area contributed by atoms with Crippen molar-refractivity contribution < 1.29 is 14.0 Å². The Morgan fingerprint density at radius 1 is 1.11 bits per heavy atom. The van der Waals surface area contributed by atoms with E-state index in [1.165, 1.54) is 19.3 Å². The summed E-state index contributed by atoms with van der Waals surface area (Å²) in [5.41, 5.74) is 1.62. The molecule has 0 spiro atoms. The number of hydrogen-bond acceptors (Lipinski definition) is 3. The molecule has 0 radical (unpaired) electrons. The molecule has 4 rings (SSSR count). The summed E-state index contributed by atoms with van der Waals surface area (Å²) in [6.07, 6.45) is 7.83. The van der Waals surface area contributed by atoms with Crippen LogP contribution in [0.15, 0.2) is 52.8 Å². The molecule has 2 aliphatic carbocycles. The number of carbonyl (C=O) groups excluding carboxylic acids is 2. The predicted molar refractivity (Wildman–Crippen MR) is 103 cm³/mol.